The molecular weight excluding hydrogens is 210 g/mol. The molecule has 0 aromatic heterocycles. The Morgan fingerprint density at radius 1 is 1.33 bits per heavy atom. The maximum Gasteiger partial charge on any atom is 0.0724 e. The number of benzene rings is 1. The van der Waals surface area contributed by atoms with E-state index in [4.69, 9.17) is 15.6 Å². The third-order valence-electron chi connectivity index (χ3n) is 2.17. The van der Waals surface area contributed by atoms with Crippen LogP contribution in [0.4, 0.5) is 0 Å². The van der Waals surface area contributed by atoms with E-state index >= 15 is 0 Å². The Morgan fingerprint density at radius 2 is 1.93 bits per heavy atom. The smallest absolute Gasteiger partial charge is 0.0724 e. The minimum absolute atomic E-state index is 0. The molecule has 0 aliphatic rings. The van der Waals surface area contributed by atoms with Gasteiger partial charge >= 0.3 is 0 Å². The Bertz CT molecular complexity index is 256. The fourth-order valence-electron chi connectivity index (χ4n) is 1.07. The summed E-state index contributed by atoms with van der Waals surface area (Å²) in [5.74, 6) is 0. The SMILES string of the molecule is CC(OCc1ccccc1)C(N)CO.S. The first-order valence-corrected chi connectivity index (χ1v) is 4.76. The second kappa shape index (κ2) is 7.70. The minimum atomic E-state index is -0.307. The van der Waals surface area contributed by atoms with Crippen LogP contribution in [0.2, 0.25) is 0 Å². The van der Waals surface area contributed by atoms with Crippen molar-refractivity contribution in [3.8, 4) is 0 Å². The molecule has 86 valence electrons. The monoisotopic (exact) mass is 229 g/mol. The molecule has 1 aromatic carbocycles. The lowest BCUT2D eigenvalue weighted by Gasteiger charge is -2.18. The number of aliphatic hydroxyl groups is 1. The van der Waals surface area contributed by atoms with Crippen molar-refractivity contribution >= 4 is 13.5 Å². The van der Waals surface area contributed by atoms with Crippen LogP contribution < -0.4 is 5.73 Å². The molecule has 1 rings (SSSR count). The van der Waals surface area contributed by atoms with E-state index < -0.39 is 0 Å². The molecule has 0 aliphatic heterocycles. The topological polar surface area (TPSA) is 55.5 Å². The van der Waals surface area contributed by atoms with Gasteiger partial charge in [0.15, 0.2) is 0 Å². The minimum Gasteiger partial charge on any atom is -0.395 e. The van der Waals surface area contributed by atoms with Gasteiger partial charge in [0.25, 0.3) is 0 Å². The van der Waals surface area contributed by atoms with E-state index in [2.05, 4.69) is 0 Å². The molecule has 0 amide bonds. The first kappa shape index (κ1) is 14.5. The summed E-state index contributed by atoms with van der Waals surface area (Å²) in [6, 6.07) is 9.59. The zero-order chi connectivity index (χ0) is 10.4. The van der Waals surface area contributed by atoms with E-state index in [1.165, 1.54) is 0 Å². The van der Waals surface area contributed by atoms with Crippen LogP contribution in [0, 0.1) is 0 Å². The molecule has 0 saturated heterocycles. The van der Waals surface area contributed by atoms with E-state index in [-0.39, 0.29) is 32.2 Å². The molecule has 4 heteroatoms. The van der Waals surface area contributed by atoms with Gasteiger partial charge in [0.05, 0.1) is 25.4 Å². The molecule has 0 fully saturated rings. The Labute approximate surface area is 97.7 Å². The third-order valence-corrected chi connectivity index (χ3v) is 2.17. The number of hydrogen-bond donors (Lipinski definition) is 2. The van der Waals surface area contributed by atoms with Crippen molar-refractivity contribution in [3.05, 3.63) is 35.9 Å². The van der Waals surface area contributed by atoms with Crippen LogP contribution in [0.25, 0.3) is 0 Å². The first-order valence-electron chi connectivity index (χ1n) is 4.76. The van der Waals surface area contributed by atoms with Crippen molar-refractivity contribution in [3.63, 3.8) is 0 Å². The molecule has 3 N–H and O–H groups in total. The van der Waals surface area contributed by atoms with Gasteiger partial charge in [-0.1, -0.05) is 30.3 Å². The van der Waals surface area contributed by atoms with Gasteiger partial charge < -0.3 is 15.6 Å². The Balaban J connectivity index is 0.00000196. The maximum atomic E-state index is 8.80. The summed E-state index contributed by atoms with van der Waals surface area (Å²) in [5.41, 5.74) is 6.72. The predicted molar refractivity (Wildman–Crippen MR) is 66.1 cm³/mol. The molecule has 3 nitrogen and oxygen atoms in total. The molecule has 1 aromatic rings. The van der Waals surface area contributed by atoms with Crippen LogP contribution in [0.5, 0.6) is 0 Å². The van der Waals surface area contributed by atoms with Crippen molar-refractivity contribution in [2.75, 3.05) is 6.61 Å². The highest BCUT2D eigenvalue weighted by atomic mass is 32.1. The van der Waals surface area contributed by atoms with Crippen LogP contribution in [0.3, 0.4) is 0 Å². The van der Waals surface area contributed by atoms with Crippen LogP contribution in [-0.2, 0) is 11.3 Å². The lowest BCUT2D eigenvalue weighted by molar-refractivity contribution is 0.0224. The summed E-state index contributed by atoms with van der Waals surface area (Å²) in [6.45, 7) is 2.36. The van der Waals surface area contributed by atoms with Crippen molar-refractivity contribution in [2.24, 2.45) is 5.73 Å². The normalized spacial score (nSPS) is 14.1. The number of hydrogen-bond acceptors (Lipinski definition) is 3. The van der Waals surface area contributed by atoms with Gasteiger partial charge in [-0.2, -0.15) is 13.5 Å². The molecule has 15 heavy (non-hydrogen) atoms. The molecule has 0 radical (unpaired) electrons. The Kier molecular flexibility index (Phi) is 7.42. The number of rotatable bonds is 5. The summed E-state index contributed by atoms with van der Waals surface area (Å²) in [7, 11) is 0. The van der Waals surface area contributed by atoms with E-state index in [0.717, 1.165) is 5.56 Å². The largest absolute Gasteiger partial charge is 0.395 e. The Morgan fingerprint density at radius 3 is 2.47 bits per heavy atom. The van der Waals surface area contributed by atoms with Crippen LogP contribution in [0.15, 0.2) is 30.3 Å². The Hall–Kier alpha value is -0.550. The number of nitrogens with two attached hydrogens (primary N) is 1. The van der Waals surface area contributed by atoms with Crippen molar-refractivity contribution in [1.29, 1.82) is 0 Å². The highest BCUT2D eigenvalue weighted by Crippen LogP contribution is 2.04. The maximum absolute atomic E-state index is 8.80. The molecular formula is C11H19NO2S. The fraction of sp³-hybridized carbons (Fsp3) is 0.455. The summed E-state index contributed by atoms with van der Waals surface area (Å²) in [6.07, 6.45) is -0.125. The highest BCUT2D eigenvalue weighted by Gasteiger charge is 2.11. The molecule has 0 aliphatic carbocycles. The van der Waals surface area contributed by atoms with Gasteiger partial charge in [-0.25, -0.2) is 0 Å². The average Bonchev–Trinajstić information content (AvgIpc) is 2.26. The van der Waals surface area contributed by atoms with Crippen LogP contribution >= 0.6 is 13.5 Å². The summed E-state index contributed by atoms with van der Waals surface area (Å²) < 4.78 is 5.50. The molecule has 0 heterocycles. The zero-order valence-electron chi connectivity index (χ0n) is 8.89. The number of ether oxygens (including phenoxy) is 1. The standard InChI is InChI=1S/C11H17NO2.H2S/c1-9(11(12)7-13)14-8-10-5-3-2-4-6-10;/h2-6,9,11,13H,7-8,12H2,1H3;1H2. The highest BCUT2D eigenvalue weighted by molar-refractivity contribution is 7.59. The van der Waals surface area contributed by atoms with Crippen molar-refractivity contribution < 1.29 is 9.84 Å². The van der Waals surface area contributed by atoms with Crippen LogP contribution in [-0.4, -0.2) is 23.9 Å². The van der Waals surface area contributed by atoms with E-state index in [1.54, 1.807) is 0 Å². The summed E-state index contributed by atoms with van der Waals surface area (Å²) >= 11 is 0. The molecule has 0 saturated carbocycles. The van der Waals surface area contributed by atoms with Gasteiger partial charge in [-0.3, -0.25) is 0 Å². The quantitative estimate of drug-likeness (QED) is 0.792. The second-order valence-electron chi connectivity index (χ2n) is 3.35. The molecule has 2 unspecified atom stereocenters. The summed E-state index contributed by atoms with van der Waals surface area (Å²) in [5, 5.41) is 8.80. The van der Waals surface area contributed by atoms with Gasteiger partial charge in [0.1, 0.15) is 0 Å². The molecule has 2 atom stereocenters. The van der Waals surface area contributed by atoms with Crippen molar-refractivity contribution in [1.82, 2.24) is 0 Å². The van der Waals surface area contributed by atoms with Gasteiger partial charge in [-0.05, 0) is 12.5 Å². The number of aliphatic hydroxyl groups excluding tert-OH is 1. The molecule has 0 bridgehead atoms. The van der Waals surface area contributed by atoms with Gasteiger partial charge in [-0.15, -0.1) is 0 Å². The van der Waals surface area contributed by atoms with E-state index in [1.807, 2.05) is 37.3 Å². The van der Waals surface area contributed by atoms with Crippen LogP contribution in [0.1, 0.15) is 12.5 Å². The lowest BCUT2D eigenvalue weighted by Crippen LogP contribution is -2.37. The lowest BCUT2D eigenvalue weighted by atomic mass is 10.2. The van der Waals surface area contributed by atoms with E-state index in [9.17, 15) is 0 Å². The second-order valence-corrected chi connectivity index (χ2v) is 3.35. The average molecular weight is 229 g/mol. The molecule has 0 spiro atoms. The van der Waals surface area contributed by atoms with Gasteiger partial charge in [0.2, 0.25) is 0 Å². The third kappa shape index (κ3) is 5.18. The first-order chi connectivity index (χ1) is 6.74. The van der Waals surface area contributed by atoms with Gasteiger partial charge in [0, 0.05) is 0 Å². The predicted octanol–water partition coefficient (Wildman–Crippen LogP) is 1.02. The van der Waals surface area contributed by atoms with Crippen molar-refractivity contribution in [2.45, 2.75) is 25.7 Å². The summed E-state index contributed by atoms with van der Waals surface area (Å²) in [4.78, 5) is 0. The zero-order valence-corrected chi connectivity index (χ0v) is 9.89. The van der Waals surface area contributed by atoms with E-state index in [0.29, 0.717) is 6.61 Å². The fourth-order valence-corrected chi connectivity index (χ4v) is 1.07.